The van der Waals surface area contributed by atoms with E-state index in [1.165, 1.54) is 28.8 Å². The first kappa shape index (κ1) is 9.82. The fourth-order valence-electron chi connectivity index (χ4n) is 0.663. The Hall–Kier alpha value is -0.265. The topological polar surface area (TPSA) is 12.9 Å². The average molecular weight is 283 g/mol. The second-order valence-corrected chi connectivity index (χ2v) is 3.13. The fraction of sp³-hybridized carbons (Fsp3) is 0.167. The molecule has 0 saturated carbocycles. The Morgan fingerprint density at radius 1 is 1.42 bits per heavy atom. The van der Waals surface area contributed by atoms with Crippen LogP contribution in [0.15, 0.2) is 12.3 Å². The molecular weight excluding hydrogens is 281 g/mol. The summed E-state index contributed by atoms with van der Waals surface area (Å²) < 4.78 is 36.3. The molecule has 62 valence electrons. The lowest BCUT2D eigenvalue weighted by Crippen LogP contribution is -2.15. The number of pyridine rings is 1. The zero-order valence-electron chi connectivity index (χ0n) is 5.69. The smallest absolute Gasteiger partial charge is 0.250 e. The van der Waals surface area contributed by atoms with Crippen LogP contribution in [0.1, 0.15) is 5.56 Å². The molecule has 1 nitrogen and oxygen atoms in total. The number of aromatic nitrogens is 1. The van der Waals surface area contributed by atoms with E-state index in [0.29, 0.717) is 0 Å². The zero-order chi connectivity index (χ0) is 9.35. The molecule has 1 rings (SSSR count). The molecule has 0 spiro atoms. The molecule has 6 heteroatoms. The van der Waals surface area contributed by atoms with Crippen LogP contribution in [0.5, 0.6) is 0 Å². The molecule has 0 amide bonds. The third kappa shape index (κ3) is 2.12. The van der Waals surface area contributed by atoms with Crippen molar-refractivity contribution in [2.24, 2.45) is 0 Å². The summed E-state index contributed by atoms with van der Waals surface area (Å²) in [6.45, 7) is 0. The van der Waals surface area contributed by atoms with Crippen LogP contribution in [-0.2, 0) is 6.18 Å². The van der Waals surface area contributed by atoms with E-state index >= 15 is 0 Å². The highest BCUT2D eigenvalue weighted by atomic mass is 127. The van der Waals surface area contributed by atoms with Gasteiger partial charge in [0, 0.05) is 6.20 Å². The van der Waals surface area contributed by atoms with E-state index in [-0.39, 0.29) is 9.16 Å². The molecule has 2 radical (unpaired) electrons. The first-order valence-electron chi connectivity index (χ1n) is 2.89. The molecule has 0 bridgehead atoms. The van der Waals surface area contributed by atoms with Gasteiger partial charge in [0.1, 0.15) is 11.5 Å². The van der Waals surface area contributed by atoms with E-state index in [2.05, 4.69) is 4.98 Å². The first-order valence-corrected chi connectivity index (χ1v) is 3.97. The summed E-state index contributed by atoms with van der Waals surface area (Å²) in [4.78, 5) is 3.49. The maximum Gasteiger partial charge on any atom is 0.418 e. The SMILES string of the molecule is [B]c1cnc(I)c(C(F)(F)F)c1. The van der Waals surface area contributed by atoms with Crippen molar-refractivity contribution in [1.82, 2.24) is 4.98 Å². The normalized spacial score (nSPS) is 11.7. The van der Waals surface area contributed by atoms with Crippen molar-refractivity contribution in [2.45, 2.75) is 6.18 Å². The summed E-state index contributed by atoms with van der Waals surface area (Å²) >= 11 is 1.52. The largest absolute Gasteiger partial charge is 0.418 e. The Morgan fingerprint density at radius 2 is 2.00 bits per heavy atom. The standard InChI is InChI=1S/C6H2BF3IN/c7-3-1-4(6(8,9)10)5(11)12-2-3/h1-2H. The third-order valence-electron chi connectivity index (χ3n) is 1.17. The van der Waals surface area contributed by atoms with Crippen LogP contribution in [0.3, 0.4) is 0 Å². The molecule has 1 aromatic rings. The second-order valence-electron chi connectivity index (χ2n) is 2.10. The number of alkyl halides is 3. The highest BCUT2D eigenvalue weighted by Gasteiger charge is 2.33. The van der Waals surface area contributed by atoms with Gasteiger partial charge in [-0.1, -0.05) is 11.5 Å². The molecule has 0 aliphatic rings. The predicted octanol–water partition coefficient (Wildman–Crippen LogP) is 1.50. The monoisotopic (exact) mass is 283 g/mol. The summed E-state index contributed by atoms with van der Waals surface area (Å²) in [5, 5.41) is 0. The summed E-state index contributed by atoms with van der Waals surface area (Å²) in [7, 11) is 5.16. The number of rotatable bonds is 0. The predicted molar refractivity (Wildman–Crippen MR) is 47.3 cm³/mol. The van der Waals surface area contributed by atoms with E-state index in [4.69, 9.17) is 7.85 Å². The summed E-state index contributed by atoms with van der Waals surface area (Å²) in [5.74, 6) is 0. The lowest BCUT2D eigenvalue weighted by atomic mass is 9.97. The van der Waals surface area contributed by atoms with E-state index in [1.54, 1.807) is 0 Å². The average Bonchev–Trinajstić information content (AvgIpc) is 1.92. The second kappa shape index (κ2) is 3.23. The van der Waals surface area contributed by atoms with Gasteiger partial charge in [-0.15, -0.1) is 0 Å². The van der Waals surface area contributed by atoms with E-state index in [0.717, 1.165) is 6.07 Å². The molecule has 0 N–H and O–H groups in total. The van der Waals surface area contributed by atoms with Crippen molar-refractivity contribution in [3.8, 4) is 0 Å². The van der Waals surface area contributed by atoms with Gasteiger partial charge in [-0.2, -0.15) is 13.2 Å². The minimum Gasteiger partial charge on any atom is -0.250 e. The minimum atomic E-state index is -4.38. The molecule has 0 atom stereocenters. The van der Waals surface area contributed by atoms with Crippen LogP contribution in [-0.4, -0.2) is 12.8 Å². The van der Waals surface area contributed by atoms with Crippen LogP contribution in [0.2, 0.25) is 0 Å². The van der Waals surface area contributed by atoms with Crippen molar-refractivity contribution in [1.29, 1.82) is 0 Å². The number of hydrogen-bond acceptors (Lipinski definition) is 1. The summed E-state index contributed by atoms with van der Waals surface area (Å²) in [6, 6.07) is 0.870. The zero-order valence-corrected chi connectivity index (χ0v) is 7.85. The maximum atomic E-state index is 12.1. The number of halogens is 4. The molecule has 12 heavy (non-hydrogen) atoms. The number of nitrogens with zero attached hydrogens (tertiary/aromatic N) is 1. The Bertz CT molecular complexity index is 299. The fourth-order valence-corrected chi connectivity index (χ4v) is 1.26. The Kier molecular flexibility index (Phi) is 2.65. The Morgan fingerprint density at radius 3 is 2.42 bits per heavy atom. The molecule has 1 heterocycles. The van der Waals surface area contributed by atoms with Crippen LogP contribution >= 0.6 is 22.6 Å². The molecule has 0 aliphatic carbocycles. The molecule has 0 aliphatic heterocycles. The van der Waals surface area contributed by atoms with Crippen molar-refractivity contribution in [3.63, 3.8) is 0 Å². The van der Waals surface area contributed by atoms with Crippen molar-refractivity contribution >= 4 is 35.9 Å². The van der Waals surface area contributed by atoms with Gasteiger partial charge in [-0.05, 0) is 22.6 Å². The molecule has 0 aromatic carbocycles. The van der Waals surface area contributed by atoms with Crippen molar-refractivity contribution in [3.05, 3.63) is 21.5 Å². The Labute approximate surface area is 81.9 Å². The lowest BCUT2D eigenvalue weighted by Gasteiger charge is -2.08. The van der Waals surface area contributed by atoms with Gasteiger partial charge in [0.15, 0.2) is 0 Å². The van der Waals surface area contributed by atoms with Gasteiger partial charge in [0.05, 0.1) is 5.56 Å². The maximum absolute atomic E-state index is 12.1. The third-order valence-corrected chi connectivity index (χ3v) is 2.03. The van der Waals surface area contributed by atoms with Gasteiger partial charge in [0.2, 0.25) is 0 Å². The molecule has 0 fully saturated rings. The molecular formula is C6H2BF3IN. The van der Waals surface area contributed by atoms with E-state index in [9.17, 15) is 13.2 Å². The minimum absolute atomic E-state index is 0.0164. The van der Waals surface area contributed by atoms with Gasteiger partial charge < -0.3 is 0 Å². The number of hydrogen-bond donors (Lipinski definition) is 0. The lowest BCUT2D eigenvalue weighted by molar-refractivity contribution is -0.138. The van der Waals surface area contributed by atoms with Gasteiger partial charge in [-0.25, -0.2) is 0 Å². The summed E-state index contributed by atoms with van der Waals surface area (Å²) in [5.41, 5.74) is -0.772. The van der Waals surface area contributed by atoms with E-state index < -0.39 is 11.7 Å². The van der Waals surface area contributed by atoms with Gasteiger partial charge in [0.25, 0.3) is 0 Å². The van der Waals surface area contributed by atoms with Crippen molar-refractivity contribution < 1.29 is 13.2 Å². The highest BCUT2D eigenvalue weighted by Crippen LogP contribution is 2.30. The Balaban J connectivity index is 3.23. The van der Waals surface area contributed by atoms with Crippen molar-refractivity contribution in [2.75, 3.05) is 0 Å². The van der Waals surface area contributed by atoms with Crippen LogP contribution in [0, 0.1) is 3.70 Å². The quantitative estimate of drug-likeness (QED) is 0.399. The van der Waals surface area contributed by atoms with Crippen LogP contribution < -0.4 is 5.46 Å². The first-order chi connectivity index (χ1) is 5.41. The van der Waals surface area contributed by atoms with E-state index in [1.807, 2.05) is 0 Å². The van der Waals surface area contributed by atoms with Gasteiger partial charge in [-0.3, -0.25) is 4.98 Å². The highest BCUT2D eigenvalue weighted by molar-refractivity contribution is 14.1. The van der Waals surface area contributed by atoms with Crippen LogP contribution in [0.25, 0.3) is 0 Å². The van der Waals surface area contributed by atoms with Crippen LogP contribution in [0.4, 0.5) is 13.2 Å². The molecule has 0 saturated heterocycles. The molecule has 0 unspecified atom stereocenters. The summed E-state index contributed by atoms with van der Waals surface area (Å²) in [6.07, 6.45) is -3.18. The van der Waals surface area contributed by atoms with Gasteiger partial charge >= 0.3 is 6.18 Å². The molecule has 1 aromatic heterocycles.